The van der Waals surface area contributed by atoms with E-state index in [0.29, 0.717) is 0 Å². The van der Waals surface area contributed by atoms with Crippen LogP contribution >= 0.6 is 15.9 Å². The van der Waals surface area contributed by atoms with E-state index >= 15 is 0 Å². The summed E-state index contributed by atoms with van der Waals surface area (Å²) in [5.41, 5.74) is 2.80. The summed E-state index contributed by atoms with van der Waals surface area (Å²) in [5.74, 6) is 0.744. The lowest BCUT2D eigenvalue weighted by atomic mass is 9.89. The summed E-state index contributed by atoms with van der Waals surface area (Å²) >= 11 is 3.52. The number of rotatable bonds is 1. The highest BCUT2D eigenvalue weighted by Crippen LogP contribution is 2.35. The third-order valence-corrected chi connectivity index (χ3v) is 3.25. The molecule has 2 heteroatoms. The lowest BCUT2D eigenvalue weighted by molar-refractivity contribution is 0.608. The van der Waals surface area contributed by atoms with E-state index in [1.807, 2.05) is 0 Å². The monoisotopic (exact) mass is 239 g/mol. The molecule has 0 amide bonds. The van der Waals surface area contributed by atoms with Crippen molar-refractivity contribution in [2.75, 3.05) is 11.9 Å². The van der Waals surface area contributed by atoms with Gasteiger partial charge in [-0.05, 0) is 42.5 Å². The molecule has 0 radical (unpaired) electrons. The maximum Gasteiger partial charge on any atom is 0.0376 e. The van der Waals surface area contributed by atoms with Crippen LogP contribution in [-0.4, -0.2) is 6.54 Å². The first-order valence-electron chi connectivity index (χ1n) is 4.84. The third-order valence-electron chi connectivity index (χ3n) is 2.75. The summed E-state index contributed by atoms with van der Waals surface area (Å²) in [6.07, 6.45) is 2.51. The van der Waals surface area contributed by atoms with Crippen LogP contribution in [0.4, 0.5) is 5.69 Å². The van der Waals surface area contributed by atoms with Crippen LogP contribution in [0.25, 0.3) is 0 Å². The summed E-state index contributed by atoms with van der Waals surface area (Å²) in [4.78, 5) is 0. The molecule has 70 valence electrons. The molecular formula is C11H14BrN. The molecule has 0 fully saturated rings. The molecule has 1 atom stereocenters. The third kappa shape index (κ3) is 1.73. The lowest BCUT2D eigenvalue weighted by Crippen LogP contribution is -2.16. The van der Waals surface area contributed by atoms with Crippen molar-refractivity contribution in [1.82, 2.24) is 0 Å². The van der Waals surface area contributed by atoms with E-state index in [9.17, 15) is 0 Å². The minimum atomic E-state index is 0.744. The van der Waals surface area contributed by atoms with Crippen molar-refractivity contribution in [2.24, 2.45) is 0 Å². The maximum atomic E-state index is 3.52. The Balaban J connectivity index is 2.41. The van der Waals surface area contributed by atoms with Crippen molar-refractivity contribution in [3.63, 3.8) is 0 Å². The van der Waals surface area contributed by atoms with E-state index in [1.54, 1.807) is 0 Å². The van der Waals surface area contributed by atoms with Crippen LogP contribution in [0.3, 0.4) is 0 Å². The van der Waals surface area contributed by atoms with Crippen molar-refractivity contribution in [1.29, 1.82) is 0 Å². The van der Waals surface area contributed by atoms with Crippen LogP contribution in [-0.2, 0) is 0 Å². The molecular weight excluding hydrogens is 226 g/mol. The second-order valence-electron chi connectivity index (χ2n) is 3.55. The van der Waals surface area contributed by atoms with Gasteiger partial charge in [0.2, 0.25) is 0 Å². The Bertz CT molecular complexity index is 309. The van der Waals surface area contributed by atoms with Gasteiger partial charge in [0.25, 0.3) is 0 Å². The molecule has 1 aliphatic heterocycles. The smallest absolute Gasteiger partial charge is 0.0376 e. The van der Waals surface area contributed by atoms with Crippen LogP contribution in [0.1, 0.15) is 31.2 Å². The van der Waals surface area contributed by atoms with Gasteiger partial charge in [-0.3, -0.25) is 0 Å². The molecule has 1 aromatic carbocycles. The standard InChI is InChI=1S/C11H14BrN/c1-2-8-5-6-13-11-4-3-9(12)7-10(8)11/h3-4,7-8,13H,2,5-6H2,1H3/t8-/m0/s1. The molecule has 0 spiro atoms. The van der Waals surface area contributed by atoms with E-state index < -0.39 is 0 Å². The second kappa shape index (κ2) is 3.70. The zero-order chi connectivity index (χ0) is 9.26. The van der Waals surface area contributed by atoms with E-state index in [1.165, 1.54) is 28.6 Å². The van der Waals surface area contributed by atoms with Crippen LogP contribution < -0.4 is 5.32 Å². The van der Waals surface area contributed by atoms with Gasteiger partial charge in [0.15, 0.2) is 0 Å². The van der Waals surface area contributed by atoms with Crippen LogP contribution in [0.15, 0.2) is 22.7 Å². The van der Waals surface area contributed by atoms with Gasteiger partial charge in [0, 0.05) is 16.7 Å². The Labute approximate surface area is 87.7 Å². The molecule has 0 aliphatic carbocycles. The molecule has 0 aromatic heterocycles. The SMILES string of the molecule is CC[C@H]1CCNc2ccc(Br)cc21. The fraction of sp³-hybridized carbons (Fsp3) is 0.455. The molecule has 13 heavy (non-hydrogen) atoms. The predicted molar refractivity (Wildman–Crippen MR) is 60.3 cm³/mol. The van der Waals surface area contributed by atoms with E-state index in [0.717, 1.165) is 12.5 Å². The number of anilines is 1. The van der Waals surface area contributed by atoms with Crippen molar-refractivity contribution in [2.45, 2.75) is 25.7 Å². The summed E-state index contributed by atoms with van der Waals surface area (Å²) in [7, 11) is 0. The number of hydrogen-bond acceptors (Lipinski definition) is 1. The normalized spacial score (nSPS) is 20.6. The highest BCUT2D eigenvalue weighted by Gasteiger charge is 2.17. The van der Waals surface area contributed by atoms with Crippen LogP contribution in [0.5, 0.6) is 0 Å². The minimum Gasteiger partial charge on any atom is -0.385 e. The van der Waals surface area contributed by atoms with Crippen LogP contribution in [0.2, 0.25) is 0 Å². The van der Waals surface area contributed by atoms with Gasteiger partial charge in [0.05, 0.1) is 0 Å². The first-order chi connectivity index (χ1) is 6.31. The Morgan fingerprint density at radius 2 is 2.38 bits per heavy atom. The van der Waals surface area contributed by atoms with Gasteiger partial charge < -0.3 is 5.32 Å². The largest absolute Gasteiger partial charge is 0.385 e. The molecule has 2 rings (SSSR count). The maximum absolute atomic E-state index is 3.52. The molecule has 0 unspecified atom stereocenters. The van der Waals surface area contributed by atoms with E-state index in [2.05, 4.69) is 46.4 Å². The summed E-state index contributed by atoms with van der Waals surface area (Å²) < 4.78 is 1.19. The van der Waals surface area contributed by atoms with E-state index in [4.69, 9.17) is 0 Å². The quantitative estimate of drug-likeness (QED) is 0.788. The topological polar surface area (TPSA) is 12.0 Å². The minimum absolute atomic E-state index is 0.744. The van der Waals surface area contributed by atoms with Gasteiger partial charge in [-0.15, -0.1) is 0 Å². The highest BCUT2D eigenvalue weighted by atomic mass is 79.9. The number of hydrogen-bond donors (Lipinski definition) is 1. The number of halogens is 1. The molecule has 1 aliphatic rings. The van der Waals surface area contributed by atoms with Gasteiger partial charge in [0.1, 0.15) is 0 Å². The Kier molecular flexibility index (Phi) is 2.58. The summed E-state index contributed by atoms with van der Waals surface area (Å²) in [6.45, 7) is 3.38. The van der Waals surface area contributed by atoms with Gasteiger partial charge in [-0.2, -0.15) is 0 Å². The van der Waals surface area contributed by atoms with Crippen molar-refractivity contribution in [3.05, 3.63) is 28.2 Å². The summed E-state index contributed by atoms with van der Waals surface area (Å²) in [6, 6.07) is 6.51. The molecule has 1 aromatic rings. The zero-order valence-electron chi connectivity index (χ0n) is 7.81. The first kappa shape index (κ1) is 9.07. The first-order valence-corrected chi connectivity index (χ1v) is 5.64. The van der Waals surface area contributed by atoms with E-state index in [-0.39, 0.29) is 0 Å². The van der Waals surface area contributed by atoms with Gasteiger partial charge in [-0.25, -0.2) is 0 Å². The lowest BCUT2D eigenvalue weighted by Gasteiger charge is -2.25. The Morgan fingerprint density at radius 3 is 3.15 bits per heavy atom. The molecule has 1 N–H and O–H groups in total. The number of nitrogens with one attached hydrogen (secondary N) is 1. The van der Waals surface area contributed by atoms with Gasteiger partial charge in [-0.1, -0.05) is 22.9 Å². The molecule has 0 saturated heterocycles. The molecule has 0 saturated carbocycles. The molecule has 1 nitrogen and oxygen atoms in total. The van der Waals surface area contributed by atoms with Crippen molar-refractivity contribution >= 4 is 21.6 Å². The molecule has 0 bridgehead atoms. The van der Waals surface area contributed by atoms with Gasteiger partial charge >= 0.3 is 0 Å². The molecule has 1 heterocycles. The van der Waals surface area contributed by atoms with Crippen LogP contribution in [0, 0.1) is 0 Å². The van der Waals surface area contributed by atoms with Crippen molar-refractivity contribution in [3.8, 4) is 0 Å². The average Bonchev–Trinajstić information content (AvgIpc) is 2.17. The Morgan fingerprint density at radius 1 is 1.54 bits per heavy atom. The average molecular weight is 240 g/mol. The fourth-order valence-corrected chi connectivity index (χ4v) is 2.37. The predicted octanol–water partition coefficient (Wildman–Crippen LogP) is 3.76. The number of fused-ring (bicyclic) bond motifs is 1. The van der Waals surface area contributed by atoms with Crippen molar-refractivity contribution < 1.29 is 0 Å². The second-order valence-corrected chi connectivity index (χ2v) is 4.47. The highest BCUT2D eigenvalue weighted by molar-refractivity contribution is 9.10. The number of benzene rings is 1. The zero-order valence-corrected chi connectivity index (χ0v) is 9.39. The Hall–Kier alpha value is -0.500. The fourth-order valence-electron chi connectivity index (χ4n) is 1.99. The summed E-state index contributed by atoms with van der Waals surface area (Å²) in [5, 5.41) is 3.43.